The summed E-state index contributed by atoms with van der Waals surface area (Å²) < 4.78 is 17.3. The van der Waals surface area contributed by atoms with Crippen LogP contribution in [0.2, 0.25) is 0 Å². The number of rotatable bonds is 20. The number of phenols is 1. The van der Waals surface area contributed by atoms with E-state index >= 15 is 0 Å². The average molecular weight is 536 g/mol. The van der Waals surface area contributed by atoms with Crippen LogP contribution in [0.15, 0.2) is 51.9 Å². The van der Waals surface area contributed by atoms with Gasteiger partial charge in [-0.1, -0.05) is 89.6 Å². The number of hydrogen-bond acceptors (Lipinski definition) is 7. The summed E-state index contributed by atoms with van der Waals surface area (Å²) in [6, 6.07) is 12.9. The van der Waals surface area contributed by atoms with Crippen LogP contribution in [0.25, 0.3) is 11.5 Å². The van der Waals surface area contributed by atoms with Gasteiger partial charge in [-0.3, -0.25) is 0 Å². The van der Waals surface area contributed by atoms with Crippen molar-refractivity contribution in [1.29, 1.82) is 0 Å². The number of aromatic nitrogens is 2. The van der Waals surface area contributed by atoms with Crippen LogP contribution >= 0.6 is 0 Å². The quantitative estimate of drug-likeness (QED) is 0.115. The van der Waals surface area contributed by atoms with E-state index in [9.17, 15) is 5.11 Å². The second-order valence-corrected chi connectivity index (χ2v) is 9.98. The van der Waals surface area contributed by atoms with E-state index in [1.807, 2.05) is 30.3 Å². The van der Waals surface area contributed by atoms with Gasteiger partial charge in [0.15, 0.2) is 0 Å². The van der Waals surface area contributed by atoms with Crippen molar-refractivity contribution in [3.8, 4) is 28.7 Å². The highest BCUT2D eigenvalue weighted by Crippen LogP contribution is 2.26. The lowest BCUT2D eigenvalue weighted by Gasteiger charge is -2.07. The third-order valence-electron chi connectivity index (χ3n) is 6.61. The summed E-state index contributed by atoms with van der Waals surface area (Å²) in [7, 11) is 0. The molecular weight excluding hydrogens is 490 g/mol. The van der Waals surface area contributed by atoms with Gasteiger partial charge in [-0.05, 0) is 49.2 Å². The number of ether oxygens (including phenoxy) is 2. The Morgan fingerprint density at radius 3 is 1.90 bits per heavy atom. The fraction of sp³-hybridized carbons (Fsp3) is 0.531. The van der Waals surface area contributed by atoms with Gasteiger partial charge in [0, 0.05) is 23.4 Å². The molecule has 0 unspecified atom stereocenters. The highest BCUT2D eigenvalue weighted by Gasteiger charge is 2.09. The van der Waals surface area contributed by atoms with Crippen molar-refractivity contribution in [2.45, 2.75) is 97.3 Å². The maximum absolute atomic E-state index is 10.3. The van der Waals surface area contributed by atoms with Gasteiger partial charge in [0.2, 0.25) is 5.89 Å². The predicted octanol–water partition coefficient (Wildman–Crippen LogP) is 9.06. The molecule has 3 rings (SSSR count). The highest BCUT2D eigenvalue weighted by atomic mass is 16.5. The SMILES string of the molecule is CCCCCCCCCCOc1ccc(-c2nnc(/N=C/c3ccc(OCCCCCCC)cc3O)o2)cc1. The second-order valence-electron chi connectivity index (χ2n) is 9.98. The molecule has 7 nitrogen and oxygen atoms in total. The highest BCUT2D eigenvalue weighted by molar-refractivity contribution is 5.85. The Morgan fingerprint density at radius 1 is 0.718 bits per heavy atom. The molecule has 0 aliphatic carbocycles. The maximum atomic E-state index is 10.3. The summed E-state index contributed by atoms with van der Waals surface area (Å²) in [4.78, 5) is 4.23. The van der Waals surface area contributed by atoms with Gasteiger partial charge in [0.05, 0.1) is 13.2 Å². The molecule has 2 aromatic carbocycles. The van der Waals surface area contributed by atoms with Gasteiger partial charge in [-0.25, -0.2) is 4.99 Å². The molecule has 0 fully saturated rings. The molecule has 212 valence electrons. The molecule has 1 N–H and O–H groups in total. The molecule has 0 atom stereocenters. The Labute approximate surface area is 233 Å². The van der Waals surface area contributed by atoms with Crippen LogP contribution in [0.3, 0.4) is 0 Å². The minimum atomic E-state index is 0.0875. The van der Waals surface area contributed by atoms with Gasteiger partial charge < -0.3 is 19.0 Å². The zero-order valence-corrected chi connectivity index (χ0v) is 23.7. The fourth-order valence-electron chi connectivity index (χ4n) is 4.25. The van der Waals surface area contributed by atoms with E-state index in [1.54, 1.807) is 12.1 Å². The van der Waals surface area contributed by atoms with E-state index in [-0.39, 0.29) is 11.8 Å². The molecule has 0 amide bonds. The normalized spacial score (nSPS) is 11.3. The van der Waals surface area contributed by atoms with Gasteiger partial charge >= 0.3 is 6.01 Å². The Balaban J connectivity index is 1.40. The van der Waals surface area contributed by atoms with Crippen LogP contribution in [-0.2, 0) is 0 Å². The molecule has 0 aliphatic rings. The maximum Gasteiger partial charge on any atom is 0.342 e. The molecule has 0 aliphatic heterocycles. The number of aromatic hydroxyl groups is 1. The zero-order valence-electron chi connectivity index (χ0n) is 23.7. The van der Waals surface area contributed by atoms with E-state index in [2.05, 4.69) is 29.0 Å². The molecule has 0 radical (unpaired) electrons. The Morgan fingerprint density at radius 2 is 1.28 bits per heavy atom. The molecule has 39 heavy (non-hydrogen) atoms. The van der Waals surface area contributed by atoms with Gasteiger partial charge in [-0.2, -0.15) is 0 Å². The zero-order chi connectivity index (χ0) is 27.5. The van der Waals surface area contributed by atoms with Crippen molar-refractivity contribution < 1.29 is 19.0 Å². The van der Waals surface area contributed by atoms with Crippen molar-refractivity contribution in [2.24, 2.45) is 4.99 Å². The van der Waals surface area contributed by atoms with Crippen LogP contribution in [0.1, 0.15) is 103 Å². The molecule has 0 spiro atoms. The number of unbranched alkanes of at least 4 members (excludes halogenated alkanes) is 11. The summed E-state index contributed by atoms with van der Waals surface area (Å²) in [6.45, 7) is 5.83. The molecule has 0 bridgehead atoms. The van der Waals surface area contributed by atoms with Crippen LogP contribution in [0.4, 0.5) is 6.01 Å². The molecule has 1 aromatic heterocycles. The molecule has 1 heterocycles. The van der Waals surface area contributed by atoms with Crippen LogP contribution in [0.5, 0.6) is 17.2 Å². The Bertz CT molecular complexity index is 1100. The van der Waals surface area contributed by atoms with E-state index < -0.39 is 0 Å². The van der Waals surface area contributed by atoms with Gasteiger partial charge in [0.25, 0.3) is 0 Å². The number of nitrogens with zero attached hydrogens (tertiary/aromatic N) is 3. The summed E-state index contributed by atoms with van der Waals surface area (Å²) in [5.41, 5.74) is 1.34. The number of aliphatic imine (C=N–C) groups is 1. The molecular formula is C32H45N3O4. The Hall–Kier alpha value is -3.35. The minimum absolute atomic E-state index is 0.0875. The second kappa shape index (κ2) is 18.0. The first kappa shape index (κ1) is 30.2. The lowest BCUT2D eigenvalue weighted by Crippen LogP contribution is -1.97. The molecule has 3 aromatic rings. The molecule has 7 heteroatoms. The van der Waals surface area contributed by atoms with Crippen molar-refractivity contribution in [3.05, 3.63) is 48.0 Å². The predicted molar refractivity (Wildman–Crippen MR) is 157 cm³/mol. The standard InChI is InChI=1S/C32H45N3O4/c1-3-5-7-9-10-11-13-15-22-37-28-19-16-26(17-20-28)31-34-35-32(39-31)33-25-27-18-21-29(24-30(27)36)38-23-14-12-8-6-4-2/h16-21,24-25,36H,3-15,22-23H2,1-2H3/b33-25+. The molecule has 0 saturated heterocycles. The van der Waals surface area contributed by atoms with Gasteiger partial charge in [0.1, 0.15) is 17.2 Å². The first-order chi connectivity index (χ1) is 19.2. The van der Waals surface area contributed by atoms with Crippen molar-refractivity contribution in [3.63, 3.8) is 0 Å². The summed E-state index contributed by atoms with van der Waals surface area (Å²) in [5.74, 6) is 1.94. The lowest BCUT2D eigenvalue weighted by atomic mass is 10.1. The largest absolute Gasteiger partial charge is 0.507 e. The van der Waals surface area contributed by atoms with Crippen LogP contribution in [0, 0.1) is 0 Å². The van der Waals surface area contributed by atoms with Crippen molar-refractivity contribution in [1.82, 2.24) is 10.2 Å². The Kier molecular flexibility index (Phi) is 14.0. The lowest BCUT2D eigenvalue weighted by molar-refractivity contribution is 0.303. The third kappa shape index (κ3) is 11.5. The van der Waals surface area contributed by atoms with E-state index in [4.69, 9.17) is 13.9 Å². The number of benzene rings is 2. The smallest absolute Gasteiger partial charge is 0.342 e. The summed E-state index contributed by atoms with van der Waals surface area (Å²) in [6.07, 6.45) is 17.7. The van der Waals surface area contributed by atoms with E-state index in [0.717, 1.165) is 37.2 Å². The third-order valence-corrected chi connectivity index (χ3v) is 6.61. The van der Waals surface area contributed by atoms with Crippen molar-refractivity contribution in [2.75, 3.05) is 13.2 Å². The van der Waals surface area contributed by atoms with Crippen LogP contribution < -0.4 is 9.47 Å². The number of hydrogen-bond donors (Lipinski definition) is 1. The topological polar surface area (TPSA) is 90.0 Å². The first-order valence-corrected chi connectivity index (χ1v) is 14.8. The minimum Gasteiger partial charge on any atom is -0.507 e. The van der Waals surface area contributed by atoms with Gasteiger partial charge in [-0.15, -0.1) is 5.10 Å². The number of phenolic OH excluding ortho intramolecular Hbond substituents is 1. The monoisotopic (exact) mass is 535 g/mol. The van der Waals surface area contributed by atoms with E-state index in [0.29, 0.717) is 23.8 Å². The fourth-order valence-corrected chi connectivity index (χ4v) is 4.25. The van der Waals surface area contributed by atoms with Crippen LogP contribution in [-0.4, -0.2) is 34.7 Å². The summed E-state index contributed by atoms with van der Waals surface area (Å²) in [5, 5.41) is 18.4. The van der Waals surface area contributed by atoms with Crippen molar-refractivity contribution >= 4 is 12.2 Å². The summed E-state index contributed by atoms with van der Waals surface area (Å²) >= 11 is 0. The van der Waals surface area contributed by atoms with E-state index in [1.165, 1.54) is 70.4 Å². The molecule has 0 saturated carbocycles. The first-order valence-electron chi connectivity index (χ1n) is 14.8. The average Bonchev–Trinajstić information content (AvgIpc) is 3.43.